The molecule has 2 rings (SSSR count). The van der Waals surface area contributed by atoms with Crippen molar-refractivity contribution in [3.8, 4) is 0 Å². The van der Waals surface area contributed by atoms with E-state index in [2.05, 4.69) is 41.4 Å². The summed E-state index contributed by atoms with van der Waals surface area (Å²) in [6, 6.07) is 0.0597. The SMILES string of the molecule is CCNC(=NCc1c(CC)nn(C)c1CC)N1CCC(NC(=O)OC(C)(C)C)C1. The zero-order chi connectivity index (χ0) is 21.6. The topological polar surface area (TPSA) is 83.8 Å². The lowest BCUT2D eigenvalue weighted by Crippen LogP contribution is -2.44. The number of alkyl carbamates (subject to hydrolysis) is 1. The molecule has 164 valence electrons. The summed E-state index contributed by atoms with van der Waals surface area (Å²) >= 11 is 0. The van der Waals surface area contributed by atoms with Crippen molar-refractivity contribution < 1.29 is 9.53 Å². The van der Waals surface area contributed by atoms with Gasteiger partial charge in [-0.2, -0.15) is 5.10 Å². The lowest BCUT2D eigenvalue weighted by Gasteiger charge is -2.23. The number of aryl methyl sites for hydroxylation is 2. The van der Waals surface area contributed by atoms with Crippen molar-refractivity contribution in [1.29, 1.82) is 0 Å². The van der Waals surface area contributed by atoms with Crippen LogP contribution in [0.4, 0.5) is 4.79 Å². The molecule has 8 heteroatoms. The molecule has 0 aromatic carbocycles. The Kier molecular flexibility index (Phi) is 7.93. The average molecular weight is 407 g/mol. The van der Waals surface area contributed by atoms with Crippen molar-refractivity contribution in [3.05, 3.63) is 17.0 Å². The number of carbonyl (C=O) groups is 1. The van der Waals surface area contributed by atoms with E-state index in [0.717, 1.165) is 50.6 Å². The molecule has 8 nitrogen and oxygen atoms in total. The van der Waals surface area contributed by atoms with Gasteiger partial charge in [-0.25, -0.2) is 9.79 Å². The number of ether oxygens (including phenoxy) is 1. The summed E-state index contributed by atoms with van der Waals surface area (Å²) in [6.07, 6.45) is 2.36. The largest absolute Gasteiger partial charge is 0.444 e. The molecule has 1 atom stereocenters. The number of aliphatic imine (C=N–C) groups is 1. The van der Waals surface area contributed by atoms with E-state index in [1.165, 1.54) is 11.3 Å². The van der Waals surface area contributed by atoms with Gasteiger partial charge in [-0.05, 0) is 47.0 Å². The van der Waals surface area contributed by atoms with Crippen LogP contribution >= 0.6 is 0 Å². The van der Waals surface area contributed by atoms with E-state index in [-0.39, 0.29) is 12.1 Å². The summed E-state index contributed by atoms with van der Waals surface area (Å²) in [4.78, 5) is 19.2. The second kappa shape index (κ2) is 9.98. The first-order valence-corrected chi connectivity index (χ1v) is 10.7. The molecule has 0 radical (unpaired) electrons. The molecule has 1 saturated heterocycles. The van der Waals surface area contributed by atoms with Gasteiger partial charge in [0.2, 0.25) is 0 Å². The van der Waals surface area contributed by atoms with Crippen molar-refractivity contribution in [2.75, 3.05) is 19.6 Å². The molecule has 29 heavy (non-hydrogen) atoms. The van der Waals surface area contributed by atoms with E-state index < -0.39 is 5.60 Å². The van der Waals surface area contributed by atoms with Crippen molar-refractivity contribution in [1.82, 2.24) is 25.3 Å². The zero-order valence-electron chi connectivity index (χ0n) is 19.1. The Bertz CT molecular complexity index is 719. The number of nitrogens with zero attached hydrogens (tertiary/aromatic N) is 4. The van der Waals surface area contributed by atoms with E-state index in [9.17, 15) is 4.79 Å². The van der Waals surface area contributed by atoms with Crippen LogP contribution in [0.2, 0.25) is 0 Å². The number of amides is 1. The summed E-state index contributed by atoms with van der Waals surface area (Å²) in [5.41, 5.74) is 3.11. The fraction of sp³-hybridized carbons (Fsp3) is 0.762. The summed E-state index contributed by atoms with van der Waals surface area (Å²) in [5, 5.41) is 11.0. The Labute approximate surface area is 175 Å². The van der Waals surface area contributed by atoms with Gasteiger partial charge in [0.25, 0.3) is 0 Å². The minimum atomic E-state index is -0.490. The molecule has 1 aromatic rings. The van der Waals surface area contributed by atoms with E-state index in [0.29, 0.717) is 6.54 Å². The molecule has 0 aliphatic carbocycles. The Balaban J connectivity index is 2.06. The number of hydrogen-bond acceptors (Lipinski definition) is 4. The Morgan fingerprint density at radius 3 is 2.59 bits per heavy atom. The summed E-state index contributed by atoms with van der Waals surface area (Å²) in [7, 11) is 2.00. The molecule has 1 amide bonds. The van der Waals surface area contributed by atoms with Gasteiger partial charge >= 0.3 is 6.09 Å². The summed E-state index contributed by atoms with van der Waals surface area (Å²) in [5.74, 6) is 0.883. The normalized spacial score (nSPS) is 17.6. The molecule has 1 aliphatic heterocycles. The zero-order valence-corrected chi connectivity index (χ0v) is 19.1. The number of nitrogens with one attached hydrogen (secondary N) is 2. The van der Waals surface area contributed by atoms with E-state index in [1.54, 1.807) is 0 Å². The van der Waals surface area contributed by atoms with Crippen LogP contribution < -0.4 is 10.6 Å². The Morgan fingerprint density at radius 2 is 2.00 bits per heavy atom. The third-order valence-electron chi connectivity index (χ3n) is 4.96. The molecule has 1 fully saturated rings. The summed E-state index contributed by atoms with van der Waals surface area (Å²) in [6.45, 7) is 15.0. The first-order valence-electron chi connectivity index (χ1n) is 10.7. The van der Waals surface area contributed by atoms with Crippen molar-refractivity contribution in [3.63, 3.8) is 0 Å². The van der Waals surface area contributed by atoms with Gasteiger partial charge < -0.3 is 20.3 Å². The molecule has 0 spiro atoms. The van der Waals surface area contributed by atoms with Crippen LogP contribution in [0.1, 0.15) is 64.9 Å². The molecule has 2 heterocycles. The number of carbonyl (C=O) groups excluding carboxylic acids is 1. The van der Waals surface area contributed by atoms with Crippen LogP contribution in [0.5, 0.6) is 0 Å². The lowest BCUT2D eigenvalue weighted by atomic mass is 10.1. The van der Waals surface area contributed by atoms with Crippen molar-refractivity contribution in [2.45, 2.75) is 79.0 Å². The molecule has 1 unspecified atom stereocenters. The van der Waals surface area contributed by atoms with Gasteiger partial charge in [0.05, 0.1) is 18.3 Å². The quantitative estimate of drug-likeness (QED) is 0.560. The van der Waals surface area contributed by atoms with Gasteiger partial charge in [-0.1, -0.05) is 13.8 Å². The number of likely N-dealkylation sites (tertiary alicyclic amines) is 1. The first-order chi connectivity index (χ1) is 13.7. The third-order valence-corrected chi connectivity index (χ3v) is 4.96. The highest BCUT2D eigenvalue weighted by Gasteiger charge is 2.28. The highest BCUT2D eigenvalue weighted by atomic mass is 16.6. The third kappa shape index (κ3) is 6.37. The Hall–Kier alpha value is -2.25. The predicted molar refractivity (Wildman–Crippen MR) is 116 cm³/mol. The highest BCUT2D eigenvalue weighted by Crippen LogP contribution is 2.18. The number of aromatic nitrogens is 2. The number of rotatable bonds is 6. The second-order valence-electron chi connectivity index (χ2n) is 8.45. The molecular formula is C21H38N6O2. The molecule has 1 aliphatic rings. The summed E-state index contributed by atoms with van der Waals surface area (Å²) < 4.78 is 7.36. The molecule has 1 aromatic heterocycles. The Morgan fingerprint density at radius 1 is 1.28 bits per heavy atom. The highest BCUT2D eigenvalue weighted by molar-refractivity contribution is 5.80. The van der Waals surface area contributed by atoms with E-state index in [1.807, 2.05) is 32.5 Å². The van der Waals surface area contributed by atoms with Crippen LogP contribution in [-0.4, -0.2) is 58.0 Å². The van der Waals surface area contributed by atoms with Gasteiger partial charge in [-0.3, -0.25) is 4.68 Å². The first kappa shape index (κ1) is 23.0. The van der Waals surface area contributed by atoms with Gasteiger partial charge in [0.1, 0.15) is 5.60 Å². The van der Waals surface area contributed by atoms with Crippen LogP contribution in [0.25, 0.3) is 0 Å². The molecule has 0 bridgehead atoms. The van der Waals surface area contributed by atoms with Crippen LogP contribution in [0.3, 0.4) is 0 Å². The van der Waals surface area contributed by atoms with E-state index >= 15 is 0 Å². The van der Waals surface area contributed by atoms with Gasteiger partial charge in [-0.15, -0.1) is 0 Å². The van der Waals surface area contributed by atoms with Crippen molar-refractivity contribution in [2.24, 2.45) is 12.0 Å². The maximum atomic E-state index is 12.1. The maximum Gasteiger partial charge on any atom is 0.407 e. The minimum Gasteiger partial charge on any atom is -0.444 e. The fourth-order valence-electron chi connectivity index (χ4n) is 3.70. The smallest absolute Gasteiger partial charge is 0.407 e. The lowest BCUT2D eigenvalue weighted by molar-refractivity contribution is 0.0507. The maximum absolute atomic E-state index is 12.1. The molecule has 0 saturated carbocycles. The van der Waals surface area contributed by atoms with E-state index in [4.69, 9.17) is 9.73 Å². The number of guanidine groups is 1. The predicted octanol–water partition coefficient (Wildman–Crippen LogP) is 2.61. The van der Waals surface area contributed by atoms with Crippen LogP contribution in [0.15, 0.2) is 4.99 Å². The molecule has 2 N–H and O–H groups in total. The number of hydrogen-bond donors (Lipinski definition) is 2. The molecular weight excluding hydrogens is 368 g/mol. The average Bonchev–Trinajstić information content (AvgIpc) is 3.20. The monoisotopic (exact) mass is 406 g/mol. The van der Waals surface area contributed by atoms with Gasteiger partial charge in [0, 0.05) is 37.9 Å². The van der Waals surface area contributed by atoms with Gasteiger partial charge in [0.15, 0.2) is 5.96 Å². The minimum absolute atomic E-state index is 0.0597. The van der Waals surface area contributed by atoms with Crippen LogP contribution in [0, 0.1) is 0 Å². The second-order valence-corrected chi connectivity index (χ2v) is 8.45. The standard InChI is InChI=1S/C21H38N6O2/c1-8-17-16(18(9-2)26(7)25-17)13-23-19(22-10-3)27-12-11-15(14-27)24-20(28)29-21(4,5)6/h15H,8-14H2,1-7H3,(H,22,23)(H,24,28). The fourth-order valence-corrected chi connectivity index (χ4v) is 3.70. The van der Waals surface area contributed by atoms with Crippen LogP contribution in [-0.2, 0) is 31.2 Å². The van der Waals surface area contributed by atoms with Crippen molar-refractivity contribution >= 4 is 12.1 Å².